The van der Waals surface area contributed by atoms with Crippen molar-refractivity contribution in [3.8, 4) is 11.1 Å². The maximum atomic E-state index is 12.5. The summed E-state index contributed by atoms with van der Waals surface area (Å²) in [5.41, 5.74) is 8.55. The molecule has 0 unspecified atom stereocenters. The molecule has 0 bridgehead atoms. The lowest BCUT2D eigenvalue weighted by Crippen LogP contribution is -2.23. The van der Waals surface area contributed by atoms with Crippen LogP contribution in [-0.2, 0) is 13.0 Å². The van der Waals surface area contributed by atoms with Gasteiger partial charge in [-0.2, -0.15) is 0 Å². The molecule has 0 radical (unpaired) electrons. The lowest BCUT2D eigenvalue weighted by molar-refractivity contribution is 0.0951. The molecule has 2 aromatic carbocycles. The number of hydrogen-bond donors (Lipinski definition) is 2. The van der Waals surface area contributed by atoms with Crippen LogP contribution in [0, 0.1) is 13.8 Å². The van der Waals surface area contributed by atoms with Gasteiger partial charge in [0.1, 0.15) is 0 Å². The number of rotatable bonds is 4. The number of carbonyl (C=O) groups is 1. The summed E-state index contributed by atoms with van der Waals surface area (Å²) in [6.45, 7) is 5.43. The molecule has 4 heteroatoms. The second-order valence-electron chi connectivity index (χ2n) is 7.01. The smallest absolute Gasteiger partial charge is 0.251 e. The number of pyridine rings is 1. The van der Waals surface area contributed by atoms with E-state index in [-0.39, 0.29) is 5.91 Å². The third-order valence-corrected chi connectivity index (χ3v) is 5.07. The molecule has 1 aliphatic heterocycles. The zero-order valence-corrected chi connectivity index (χ0v) is 15.7. The SMILES string of the molecule is Cc1ccc(CNC(=O)c2ccc(-c3ccc4c(c3)CCN4)cc2)c(C)n1. The summed E-state index contributed by atoms with van der Waals surface area (Å²) in [5.74, 6) is -0.0697. The molecule has 0 saturated heterocycles. The van der Waals surface area contributed by atoms with Gasteiger partial charge in [-0.3, -0.25) is 9.78 Å². The van der Waals surface area contributed by atoms with Gasteiger partial charge in [0.15, 0.2) is 0 Å². The van der Waals surface area contributed by atoms with E-state index in [0.717, 1.165) is 35.5 Å². The topological polar surface area (TPSA) is 54.0 Å². The monoisotopic (exact) mass is 357 g/mol. The molecule has 4 rings (SSSR count). The van der Waals surface area contributed by atoms with E-state index in [1.807, 2.05) is 50.2 Å². The summed E-state index contributed by atoms with van der Waals surface area (Å²) in [5, 5.41) is 6.36. The molecular formula is C23H23N3O. The van der Waals surface area contributed by atoms with E-state index in [1.165, 1.54) is 16.8 Å². The standard InChI is InChI=1S/C23H23N3O/c1-15-3-4-21(16(2)26-15)14-25-23(27)18-7-5-17(6-8-18)19-9-10-22-20(13-19)11-12-24-22/h3-10,13,24H,11-12,14H2,1-2H3,(H,25,27). The summed E-state index contributed by atoms with van der Waals surface area (Å²) in [7, 11) is 0. The van der Waals surface area contributed by atoms with Gasteiger partial charge < -0.3 is 10.6 Å². The van der Waals surface area contributed by atoms with Gasteiger partial charge in [0.05, 0.1) is 0 Å². The van der Waals surface area contributed by atoms with Crippen molar-refractivity contribution in [2.45, 2.75) is 26.8 Å². The number of aryl methyl sites for hydroxylation is 2. The van der Waals surface area contributed by atoms with Crippen molar-refractivity contribution in [1.82, 2.24) is 10.3 Å². The number of nitrogens with one attached hydrogen (secondary N) is 2. The van der Waals surface area contributed by atoms with Crippen LogP contribution < -0.4 is 10.6 Å². The van der Waals surface area contributed by atoms with Gasteiger partial charge in [-0.1, -0.05) is 24.3 Å². The molecule has 2 N–H and O–H groups in total. The van der Waals surface area contributed by atoms with Crippen LogP contribution in [0.2, 0.25) is 0 Å². The Morgan fingerprint density at radius 1 is 1.04 bits per heavy atom. The summed E-state index contributed by atoms with van der Waals surface area (Å²) < 4.78 is 0. The van der Waals surface area contributed by atoms with Gasteiger partial charge in [0.2, 0.25) is 0 Å². The highest BCUT2D eigenvalue weighted by Crippen LogP contribution is 2.28. The van der Waals surface area contributed by atoms with Crippen molar-refractivity contribution in [3.63, 3.8) is 0 Å². The van der Waals surface area contributed by atoms with Crippen LogP contribution in [0.15, 0.2) is 54.6 Å². The summed E-state index contributed by atoms with van der Waals surface area (Å²) in [4.78, 5) is 16.9. The van der Waals surface area contributed by atoms with E-state index in [0.29, 0.717) is 12.1 Å². The van der Waals surface area contributed by atoms with Crippen LogP contribution in [0.4, 0.5) is 5.69 Å². The second-order valence-corrected chi connectivity index (χ2v) is 7.01. The third kappa shape index (κ3) is 3.70. The molecule has 4 nitrogen and oxygen atoms in total. The Bertz CT molecular complexity index is 993. The van der Waals surface area contributed by atoms with Gasteiger partial charge in [-0.15, -0.1) is 0 Å². The van der Waals surface area contributed by atoms with Crippen molar-refractivity contribution in [2.24, 2.45) is 0 Å². The molecule has 2 heterocycles. The highest BCUT2D eigenvalue weighted by Gasteiger charge is 2.11. The molecule has 0 fully saturated rings. The largest absolute Gasteiger partial charge is 0.384 e. The van der Waals surface area contributed by atoms with E-state index >= 15 is 0 Å². The maximum absolute atomic E-state index is 12.5. The Balaban J connectivity index is 1.44. The van der Waals surface area contributed by atoms with Crippen molar-refractivity contribution >= 4 is 11.6 Å². The Morgan fingerprint density at radius 2 is 1.81 bits per heavy atom. The quantitative estimate of drug-likeness (QED) is 0.733. The average molecular weight is 357 g/mol. The Hall–Kier alpha value is -3.14. The molecule has 136 valence electrons. The van der Waals surface area contributed by atoms with Crippen molar-refractivity contribution in [2.75, 3.05) is 11.9 Å². The van der Waals surface area contributed by atoms with Crippen molar-refractivity contribution < 1.29 is 4.79 Å². The van der Waals surface area contributed by atoms with Crippen molar-refractivity contribution in [1.29, 1.82) is 0 Å². The highest BCUT2D eigenvalue weighted by atomic mass is 16.1. The van der Waals surface area contributed by atoms with E-state index < -0.39 is 0 Å². The average Bonchev–Trinajstić information content (AvgIpc) is 3.15. The van der Waals surface area contributed by atoms with Gasteiger partial charge in [-0.05, 0) is 72.9 Å². The Kier molecular flexibility index (Phi) is 4.63. The van der Waals surface area contributed by atoms with Crippen molar-refractivity contribution in [3.05, 3.63) is 82.7 Å². The number of hydrogen-bond acceptors (Lipinski definition) is 3. The van der Waals surface area contributed by atoms with Crippen LogP contribution in [0.1, 0.15) is 32.9 Å². The molecule has 0 atom stereocenters. The molecule has 1 aliphatic rings. The number of aromatic nitrogens is 1. The van der Waals surface area contributed by atoms with Crippen LogP contribution in [0.3, 0.4) is 0 Å². The summed E-state index contributed by atoms with van der Waals surface area (Å²) in [6, 6.07) is 18.3. The highest BCUT2D eigenvalue weighted by molar-refractivity contribution is 5.94. The number of benzene rings is 2. The van der Waals surface area contributed by atoms with Gasteiger partial charge in [0.25, 0.3) is 5.91 Å². The van der Waals surface area contributed by atoms with E-state index in [4.69, 9.17) is 0 Å². The van der Waals surface area contributed by atoms with Gasteiger partial charge in [-0.25, -0.2) is 0 Å². The number of carbonyl (C=O) groups excluding carboxylic acids is 1. The molecule has 0 spiro atoms. The fraction of sp³-hybridized carbons (Fsp3) is 0.217. The molecule has 0 saturated carbocycles. The zero-order chi connectivity index (χ0) is 18.8. The first kappa shape index (κ1) is 17.3. The molecule has 3 aromatic rings. The molecular weight excluding hydrogens is 334 g/mol. The first-order chi connectivity index (χ1) is 13.1. The second kappa shape index (κ2) is 7.23. The number of amides is 1. The minimum Gasteiger partial charge on any atom is -0.384 e. The first-order valence-corrected chi connectivity index (χ1v) is 9.29. The zero-order valence-electron chi connectivity index (χ0n) is 15.7. The minimum absolute atomic E-state index is 0.0697. The third-order valence-electron chi connectivity index (χ3n) is 5.07. The molecule has 1 aromatic heterocycles. The number of nitrogens with zero attached hydrogens (tertiary/aromatic N) is 1. The minimum atomic E-state index is -0.0697. The Morgan fingerprint density at radius 3 is 2.59 bits per heavy atom. The number of fused-ring (bicyclic) bond motifs is 1. The van der Waals surface area contributed by atoms with E-state index in [9.17, 15) is 4.79 Å². The summed E-state index contributed by atoms with van der Waals surface area (Å²) >= 11 is 0. The van der Waals surface area contributed by atoms with Crippen LogP contribution >= 0.6 is 0 Å². The van der Waals surface area contributed by atoms with Gasteiger partial charge >= 0.3 is 0 Å². The van der Waals surface area contributed by atoms with E-state index in [1.54, 1.807) is 0 Å². The molecule has 0 aliphatic carbocycles. The maximum Gasteiger partial charge on any atom is 0.251 e. The van der Waals surface area contributed by atoms with E-state index in [2.05, 4.69) is 33.8 Å². The number of anilines is 1. The fourth-order valence-corrected chi connectivity index (χ4v) is 3.48. The lowest BCUT2D eigenvalue weighted by atomic mass is 10.0. The van der Waals surface area contributed by atoms with Gasteiger partial charge in [0, 0.05) is 35.7 Å². The first-order valence-electron chi connectivity index (χ1n) is 9.29. The Labute approximate surface area is 159 Å². The normalized spacial score (nSPS) is 12.4. The fourth-order valence-electron chi connectivity index (χ4n) is 3.48. The van der Waals surface area contributed by atoms with Crippen LogP contribution in [0.5, 0.6) is 0 Å². The lowest BCUT2D eigenvalue weighted by Gasteiger charge is -2.09. The van der Waals surface area contributed by atoms with Crippen LogP contribution in [-0.4, -0.2) is 17.4 Å². The molecule has 1 amide bonds. The predicted molar refractivity (Wildman–Crippen MR) is 109 cm³/mol. The van der Waals surface area contributed by atoms with Crippen LogP contribution in [0.25, 0.3) is 11.1 Å². The summed E-state index contributed by atoms with van der Waals surface area (Å²) in [6.07, 6.45) is 1.07. The predicted octanol–water partition coefficient (Wildman–Crippen LogP) is 4.26. The molecule has 27 heavy (non-hydrogen) atoms.